The van der Waals surface area contributed by atoms with Gasteiger partial charge in [0, 0.05) is 10.9 Å². The van der Waals surface area contributed by atoms with E-state index in [0.717, 1.165) is 16.8 Å². The number of ether oxygens (including phenoxy) is 1. The Bertz CT molecular complexity index is 924. The molecule has 3 rings (SSSR count). The van der Waals surface area contributed by atoms with Gasteiger partial charge in [-0.25, -0.2) is 4.98 Å². The normalized spacial score (nSPS) is 11.1. The van der Waals surface area contributed by atoms with Gasteiger partial charge in [0.25, 0.3) is 0 Å². The van der Waals surface area contributed by atoms with E-state index in [1.165, 1.54) is 24.5 Å². The van der Waals surface area contributed by atoms with E-state index in [-0.39, 0.29) is 5.75 Å². The summed E-state index contributed by atoms with van der Waals surface area (Å²) in [5.41, 5.74) is 3.09. The highest BCUT2D eigenvalue weighted by atomic mass is 32.1. The van der Waals surface area contributed by atoms with Crippen LogP contribution in [-0.2, 0) is 0 Å². The van der Waals surface area contributed by atoms with E-state index in [1.807, 2.05) is 35.7 Å². The molecule has 1 N–H and O–H groups in total. The zero-order valence-corrected chi connectivity index (χ0v) is 13.7. The second kappa shape index (κ2) is 6.99. The molecule has 0 fully saturated rings. The first-order valence-electron chi connectivity index (χ1n) is 7.21. The van der Waals surface area contributed by atoms with Gasteiger partial charge in [-0.1, -0.05) is 36.4 Å². The fourth-order valence-corrected chi connectivity index (χ4v) is 3.03. The maximum atomic E-state index is 9.65. The minimum Gasteiger partial charge on any atom is -0.504 e. The molecule has 5 heteroatoms. The minimum absolute atomic E-state index is 0.0637. The number of hydrogen-bond acceptors (Lipinski definition) is 5. The topological polar surface area (TPSA) is 66.1 Å². The maximum Gasteiger partial charge on any atom is 0.161 e. The van der Waals surface area contributed by atoms with Crippen LogP contribution in [0.5, 0.6) is 11.5 Å². The molecular weight excluding hydrogens is 320 g/mol. The Morgan fingerprint density at radius 1 is 1.25 bits per heavy atom. The SMILES string of the molecule is COc1cc(C=C(C#N)c2nc(-c3ccccc3)cs2)ccc1O. The third-order valence-electron chi connectivity index (χ3n) is 3.44. The van der Waals surface area contributed by atoms with Crippen molar-refractivity contribution in [3.8, 4) is 28.8 Å². The number of nitrogens with zero attached hydrogens (tertiary/aromatic N) is 2. The summed E-state index contributed by atoms with van der Waals surface area (Å²) in [6.45, 7) is 0. The number of aromatic nitrogens is 1. The van der Waals surface area contributed by atoms with Crippen molar-refractivity contribution in [2.75, 3.05) is 7.11 Å². The first-order valence-corrected chi connectivity index (χ1v) is 8.09. The molecule has 118 valence electrons. The van der Waals surface area contributed by atoms with Crippen LogP contribution in [0.25, 0.3) is 22.9 Å². The van der Waals surface area contributed by atoms with Crippen molar-refractivity contribution in [3.05, 3.63) is 64.5 Å². The number of methoxy groups -OCH3 is 1. The van der Waals surface area contributed by atoms with E-state index < -0.39 is 0 Å². The summed E-state index contributed by atoms with van der Waals surface area (Å²) in [7, 11) is 1.49. The van der Waals surface area contributed by atoms with Crippen LogP contribution < -0.4 is 4.74 Å². The fourth-order valence-electron chi connectivity index (χ4n) is 2.23. The van der Waals surface area contributed by atoms with Gasteiger partial charge in [0.05, 0.1) is 18.4 Å². The number of benzene rings is 2. The van der Waals surface area contributed by atoms with Crippen LogP contribution in [0.4, 0.5) is 0 Å². The molecule has 3 aromatic rings. The second-order valence-electron chi connectivity index (χ2n) is 5.01. The Morgan fingerprint density at radius 2 is 2.04 bits per heavy atom. The number of aromatic hydroxyl groups is 1. The monoisotopic (exact) mass is 334 g/mol. The predicted molar refractivity (Wildman–Crippen MR) is 95.7 cm³/mol. The summed E-state index contributed by atoms with van der Waals surface area (Å²) in [6, 6.07) is 17.0. The average Bonchev–Trinajstić information content (AvgIpc) is 3.11. The number of phenols is 1. The van der Waals surface area contributed by atoms with Gasteiger partial charge in [-0.2, -0.15) is 5.26 Å². The number of thiazole rings is 1. The Morgan fingerprint density at radius 3 is 2.75 bits per heavy atom. The lowest BCUT2D eigenvalue weighted by Gasteiger charge is -2.04. The van der Waals surface area contributed by atoms with E-state index in [0.29, 0.717) is 16.3 Å². The molecule has 0 atom stereocenters. The maximum absolute atomic E-state index is 9.65. The Hall–Kier alpha value is -3.10. The third kappa shape index (κ3) is 3.29. The van der Waals surface area contributed by atoms with Gasteiger partial charge in [-0.15, -0.1) is 11.3 Å². The first-order chi connectivity index (χ1) is 11.7. The van der Waals surface area contributed by atoms with Crippen molar-refractivity contribution >= 4 is 23.0 Å². The van der Waals surface area contributed by atoms with Gasteiger partial charge >= 0.3 is 0 Å². The lowest BCUT2D eigenvalue weighted by Crippen LogP contribution is -1.86. The Balaban J connectivity index is 1.95. The highest BCUT2D eigenvalue weighted by molar-refractivity contribution is 7.11. The predicted octanol–water partition coefficient (Wildman–Crippen LogP) is 4.59. The molecule has 0 radical (unpaired) electrons. The summed E-state index contributed by atoms with van der Waals surface area (Å²) in [5.74, 6) is 0.430. The molecule has 0 saturated carbocycles. The van der Waals surface area contributed by atoms with E-state index in [2.05, 4.69) is 11.1 Å². The van der Waals surface area contributed by atoms with Crippen LogP contribution in [0, 0.1) is 11.3 Å². The quantitative estimate of drug-likeness (QED) is 0.709. The Kier molecular flexibility index (Phi) is 4.59. The second-order valence-corrected chi connectivity index (χ2v) is 5.86. The van der Waals surface area contributed by atoms with Crippen molar-refractivity contribution in [3.63, 3.8) is 0 Å². The minimum atomic E-state index is 0.0637. The standard InChI is InChI=1S/C19H14N2O2S/c1-23-18-10-13(7-8-17(18)22)9-15(11-20)19-21-16(12-24-19)14-5-3-2-4-6-14/h2-10,12,22H,1H3. The molecule has 0 saturated heterocycles. The van der Waals surface area contributed by atoms with Crippen molar-refractivity contribution < 1.29 is 9.84 Å². The first kappa shape index (κ1) is 15.8. The van der Waals surface area contributed by atoms with E-state index >= 15 is 0 Å². The van der Waals surface area contributed by atoms with Crippen molar-refractivity contribution in [2.24, 2.45) is 0 Å². The molecule has 0 bridgehead atoms. The van der Waals surface area contributed by atoms with Gasteiger partial charge in [0.15, 0.2) is 11.5 Å². The van der Waals surface area contributed by atoms with E-state index in [4.69, 9.17) is 4.74 Å². The summed E-state index contributed by atoms with van der Waals surface area (Å²) in [5, 5.41) is 21.7. The fraction of sp³-hybridized carbons (Fsp3) is 0.0526. The van der Waals surface area contributed by atoms with Crippen molar-refractivity contribution in [1.29, 1.82) is 5.26 Å². The third-order valence-corrected chi connectivity index (χ3v) is 4.31. The lowest BCUT2D eigenvalue weighted by atomic mass is 10.1. The molecule has 24 heavy (non-hydrogen) atoms. The summed E-state index contributed by atoms with van der Waals surface area (Å²) < 4.78 is 5.09. The largest absolute Gasteiger partial charge is 0.504 e. The summed E-state index contributed by atoms with van der Waals surface area (Å²) >= 11 is 1.43. The van der Waals surface area contributed by atoms with Crippen molar-refractivity contribution in [1.82, 2.24) is 4.98 Å². The van der Waals surface area contributed by atoms with Crippen LogP contribution in [0.2, 0.25) is 0 Å². The number of rotatable bonds is 4. The van der Waals surface area contributed by atoms with E-state index in [9.17, 15) is 10.4 Å². The van der Waals surface area contributed by atoms with Crippen LogP contribution in [0.15, 0.2) is 53.9 Å². The molecule has 0 aliphatic carbocycles. The zero-order valence-electron chi connectivity index (χ0n) is 12.9. The Labute approximate surface area is 143 Å². The number of nitriles is 1. The van der Waals surface area contributed by atoms with Crippen LogP contribution in [0.1, 0.15) is 10.6 Å². The number of phenolic OH excluding ortho intramolecular Hbond substituents is 1. The molecule has 0 amide bonds. The van der Waals surface area contributed by atoms with Gasteiger partial charge in [-0.3, -0.25) is 0 Å². The van der Waals surface area contributed by atoms with Gasteiger partial charge in [0.1, 0.15) is 11.1 Å². The lowest BCUT2D eigenvalue weighted by molar-refractivity contribution is 0.373. The zero-order chi connectivity index (χ0) is 16.9. The van der Waals surface area contributed by atoms with Crippen molar-refractivity contribution in [2.45, 2.75) is 0 Å². The van der Waals surface area contributed by atoms with E-state index in [1.54, 1.807) is 18.2 Å². The van der Waals surface area contributed by atoms with Gasteiger partial charge in [0.2, 0.25) is 0 Å². The molecule has 1 heterocycles. The molecule has 4 nitrogen and oxygen atoms in total. The molecule has 2 aromatic carbocycles. The molecule has 1 aromatic heterocycles. The summed E-state index contributed by atoms with van der Waals surface area (Å²) in [6.07, 6.45) is 1.73. The summed E-state index contributed by atoms with van der Waals surface area (Å²) in [4.78, 5) is 4.56. The highest BCUT2D eigenvalue weighted by Gasteiger charge is 2.10. The molecule has 0 aliphatic heterocycles. The molecular formula is C19H14N2O2S. The number of allylic oxidation sites excluding steroid dienone is 1. The molecule has 0 aliphatic rings. The number of hydrogen-bond donors (Lipinski definition) is 1. The van der Waals surface area contributed by atoms with Crippen LogP contribution in [0.3, 0.4) is 0 Å². The molecule has 0 spiro atoms. The van der Waals surface area contributed by atoms with Crippen LogP contribution >= 0.6 is 11.3 Å². The smallest absolute Gasteiger partial charge is 0.161 e. The van der Waals surface area contributed by atoms with Gasteiger partial charge < -0.3 is 9.84 Å². The average molecular weight is 334 g/mol. The molecule has 0 unspecified atom stereocenters. The van der Waals surface area contributed by atoms with Crippen LogP contribution in [-0.4, -0.2) is 17.2 Å². The highest BCUT2D eigenvalue weighted by Crippen LogP contribution is 2.30. The van der Waals surface area contributed by atoms with Gasteiger partial charge in [-0.05, 0) is 23.8 Å².